The van der Waals surface area contributed by atoms with E-state index in [1.54, 1.807) is 11.8 Å². The molecule has 0 saturated heterocycles. The minimum absolute atomic E-state index is 1.07. The van der Waals surface area contributed by atoms with Crippen LogP contribution in [0.4, 0.5) is 0 Å². The molecule has 0 saturated carbocycles. The number of hydrogen-bond acceptors (Lipinski definition) is 1. The molecule has 5 heavy (non-hydrogen) atoms. The van der Waals surface area contributed by atoms with Crippen molar-refractivity contribution in [3.8, 4) is 0 Å². The third-order valence-electron chi connectivity index (χ3n) is 0.412. The van der Waals surface area contributed by atoms with E-state index in [-0.39, 0.29) is 0 Å². The largest absolute Gasteiger partial charge is 0.326 e. The summed E-state index contributed by atoms with van der Waals surface area (Å²) in [5, 5.41) is 0. The second-order valence-corrected chi connectivity index (χ2v) is 1.65. The van der Waals surface area contributed by atoms with E-state index in [4.69, 9.17) is 0 Å². The van der Waals surface area contributed by atoms with Crippen molar-refractivity contribution in [3.63, 3.8) is 0 Å². The third-order valence-corrected chi connectivity index (χ3v) is 1.02. The Morgan fingerprint density at radius 3 is 3.00 bits per heavy atom. The van der Waals surface area contributed by atoms with Crippen LogP contribution in [0, 0.1) is 0 Å². The van der Waals surface area contributed by atoms with Gasteiger partial charge in [-0.25, -0.2) is 0 Å². The summed E-state index contributed by atoms with van der Waals surface area (Å²) in [4.78, 5) is 0. The summed E-state index contributed by atoms with van der Waals surface area (Å²) >= 11 is 1.73. The summed E-state index contributed by atoms with van der Waals surface area (Å²) in [5.74, 6) is 1.07. The van der Waals surface area contributed by atoms with Crippen molar-refractivity contribution < 1.29 is 0 Å². The lowest BCUT2D eigenvalue weighted by molar-refractivity contribution is 1.76. The summed E-state index contributed by atoms with van der Waals surface area (Å²) in [6.07, 6.45) is 1.89. The summed E-state index contributed by atoms with van der Waals surface area (Å²) in [6, 6.07) is 0. The van der Waals surface area contributed by atoms with E-state index in [9.17, 15) is 0 Å². The highest BCUT2D eigenvalue weighted by Crippen LogP contribution is 1.88. The second-order valence-electron chi connectivity index (χ2n) is 0.770. The quantitative estimate of drug-likeness (QED) is 0.375. The first-order chi connectivity index (χ1) is 2.50. The number of nitrogens with zero attached hydrogens (tertiary/aromatic N) is 1. The maximum atomic E-state index is 3.80. The zero-order chi connectivity index (χ0) is 3.54. The van der Waals surface area contributed by atoms with Gasteiger partial charge in [0.25, 0.3) is 6.21 Å². The Bertz CT molecular complexity index is 72.9. The topological polar surface area (TPSA) is 14.1 Å². The van der Waals surface area contributed by atoms with Crippen molar-refractivity contribution in [1.29, 1.82) is 0 Å². The van der Waals surface area contributed by atoms with Crippen LogP contribution < -0.4 is 4.67 Å². The summed E-state index contributed by atoms with van der Waals surface area (Å²) in [5.41, 5.74) is 1.85. The van der Waals surface area contributed by atoms with Crippen LogP contribution in [0.1, 0.15) is 0 Å². The standard InChI is InChI=1S/C3H4NS/c1-2-5-3-4-1/h1,3H,2H2/q+1. The highest BCUT2D eigenvalue weighted by Gasteiger charge is 1.92. The lowest BCUT2D eigenvalue weighted by Crippen LogP contribution is -1.67. The minimum Gasteiger partial charge on any atom is -0.0973 e. The van der Waals surface area contributed by atoms with Crippen LogP contribution in [0.15, 0.2) is 0 Å². The van der Waals surface area contributed by atoms with Crippen LogP contribution >= 0.6 is 11.8 Å². The molecule has 0 aromatic rings. The first kappa shape index (κ1) is 3.01. The molecule has 2 heteroatoms. The van der Waals surface area contributed by atoms with Gasteiger partial charge >= 0.3 is 5.55 Å². The van der Waals surface area contributed by atoms with Crippen molar-refractivity contribution >= 4 is 23.5 Å². The van der Waals surface area contributed by atoms with Gasteiger partial charge in [0.05, 0.1) is 5.75 Å². The molecule has 0 amide bonds. The van der Waals surface area contributed by atoms with E-state index in [0.29, 0.717) is 0 Å². The van der Waals surface area contributed by atoms with E-state index in [1.807, 2.05) is 11.8 Å². The van der Waals surface area contributed by atoms with Crippen molar-refractivity contribution in [2.24, 2.45) is 0 Å². The zero-order valence-electron chi connectivity index (χ0n) is 2.72. The van der Waals surface area contributed by atoms with E-state index in [2.05, 4.69) is 4.67 Å². The molecular formula is C3H4NS+. The molecule has 1 heterocycles. The lowest BCUT2D eigenvalue weighted by Gasteiger charge is -1.52. The SMILES string of the molecule is C1=[N+]=CSC1. The highest BCUT2D eigenvalue weighted by atomic mass is 32.2. The molecule has 1 rings (SSSR count). The first-order valence-electron chi connectivity index (χ1n) is 1.45. The van der Waals surface area contributed by atoms with Gasteiger partial charge in [0, 0.05) is 0 Å². The van der Waals surface area contributed by atoms with E-state index < -0.39 is 0 Å². The molecule has 0 fully saturated rings. The third kappa shape index (κ3) is 0.534. The van der Waals surface area contributed by atoms with E-state index in [0.717, 1.165) is 5.75 Å². The number of thioether (sulfide) groups is 1. The zero-order valence-corrected chi connectivity index (χ0v) is 3.53. The molecule has 0 atom stereocenters. The van der Waals surface area contributed by atoms with Crippen molar-refractivity contribution in [2.45, 2.75) is 0 Å². The van der Waals surface area contributed by atoms with Crippen molar-refractivity contribution in [3.05, 3.63) is 0 Å². The Morgan fingerprint density at radius 2 is 2.80 bits per heavy atom. The van der Waals surface area contributed by atoms with Crippen LogP contribution in [0.5, 0.6) is 0 Å². The fourth-order valence-electron chi connectivity index (χ4n) is 0.215. The van der Waals surface area contributed by atoms with Crippen LogP contribution in [-0.2, 0) is 0 Å². The smallest absolute Gasteiger partial charge is 0.0973 e. The van der Waals surface area contributed by atoms with Gasteiger partial charge in [0.1, 0.15) is 0 Å². The van der Waals surface area contributed by atoms with Gasteiger partial charge in [-0.05, 0) is 11.8 Å². The van der Waals surface area contributed by atoms with Crippen molar-refractivity contribution in [2.75, 3.05) is 5.75 Å². The van der Waals surface area contributed by atoms with Gasteiger partial charge < -0.3 is 0 Å². The predicted octanol–water partition coefficient (Wildman–Crippen LogP) is -0.100. The van der Waals surface area contributed by atoms with Crippen LogP contribution in [0.2, 0.25) is 0 Å². The summed E-state index contributed by atoms with van der Waals surface area (Å²) in [7, 11) is 0. The highest BCUT2D eigenvalue weighted by molar-refractivity contribution is 8.12. The first-order valence-corrected chi connectivity index (χ1v) is 2.50. The molecule has 1 nitrogen and oxygen atoms in total. The van der Waals surface area contributed by atoms with Gasteiger partial charge in [0.2, 0.25) is 0 Å². The molecule has 26 valence electrons. The Hall–Kier alpha value is -0.200. The van der Waals surface area contributed by atoms with Crippen LogP contribution in [0.3, 0.4) is 0 Å². The average Bonchev–Trinajstić information content (AvgIpc) is 1.76. The molecule has 0 bridgehead atoms. The normalized spacial score (nSPS) is 17.6. The predicted molar refractivity (Wildman–Crippen MR) is 26.7 cm³/mol. The molecule has 1 aliphatic rings. The Balaban J connectivity index is 2.64. The van der Waals surface area contributed by atoms with E-state index >= 15 is 0 Å². The molecule has 0 aromatic carbocycles. The van der Waals surface area contributed by atoms with Gasteiger partial charge in [-0.3, -0.25) is 0 Å². The fourth-order valence-corrected chi connectivity index (χ4v) is 0.645. The van der Waals surface area contributed by atoms with Gasteiger partial charge in [-0.2, -0.15) is 0 Å². The van der Waals surface area contributed by atoms with Crippen LogP contribution in [0.25, 0.3) is 0 Å². The molecule has 0 unspecified atom stereocenters. The molecule has 0 aliphatic carbocycles. The second kappa shape index (κ2) is 1.29. The Labute approximate surface area is 34.8 Å². The monoisotopic (exact) mass is 86.0 g/mol. The molecule has 0 aromatic heterocycles. The van der Waals surface area contributed by atoms with Crippen LogP contribution in [-0.4, -0.2) is 17.5 Å². The number of hydrogen-bond donors (Lipinski definition) is 0. The van der Waals surface area contributed by atoms with Gasteiger partial charge in [0.15, 0.2) is 0 Å². The van der Waals surface area contributed by atoms with Gasteiger partial charge in [-0.15, -0.1) is 0 Å². The lowest BCUT2D eigenvalue weighted by atomic mass is 10.9. The van der Waals surface area contributed by atoms with Gasteiger partial charge in [-0.1, -0.05) is 4.67 Å². The molecule has 1 aliphatic heterocycles. The summed E-state index contributed by atoms with van der Waals surface area (Å²) in [6.45, 7) is 0. The summed E-state index contributed by atoms with van der Waals surface area (Å²) < 4.78 is 3.80. The van der Waals surface area contributed by atoms with E-state index in [1.165, 1.54) is 0 Å². The average molecular weight is 86.1 g/mol. The molecule has 0 spiro atoms. The molecule has 0 radical (unpaired) electrons. The molecule has 0 N–H and O–H groups in total. The maximum Gasteiger partial charge on any atom is 0.326 e. The maximum absolute atomic E-state index is 3.80. The van der Waals surface area contributed by atoms with Crippen molar-refractivity contribution in [1.82, 2.24) is 4.67 Å². The Morgan fingerprint density at radius 1 is 1.80 bits per heavy atom. The fraction of sp³-hybridized carbons (Fsp3) is 0.333. The Kier molecular flexibility index (Phi) is 0.778. The number of rotatable bonds is 0. The molecular weight excluding hydrogens is 82.1 g/mol. The minimum atomic E-state index is 1.07.